The van der Waals surface area contributed by atoms with Crippen molar-refractivity contribution in [2.45, 2.75) is 63.8 Å². The first-order valence-corrected chi connectivity index (χ1v) is 9.45. The summed E-state index contributed by atoms with van der Waals surface area (Å²) in [7, 11) is 0. The summed E-state index contributed by atoms with van der Waals surface area (Å²) in [5.74, 6) is -0.261. The number of carbonyl (C=O) groups excluding carboxylic acids is 3. The Balaban J connectivity index is 1.66. The molecule has 3 rings (SSSR count). The van der Waals surface area contributed by atoms with Gasteiger partial charge in [0.1, 0.15) is 12.1 Å². The lowest BCUT2D eigenvalue weighted by molar-refractivity contribution is -0.134. The highest BCUT2D eigenvalue weighted by atomic mass is 16.2. The average Bonchev–Trinajstić information content (AvgIpc) is 2.77. The fourth-order valence-electron chi connectivity index (χ4n) is 3.81. The Kier molecular flexibility index (Phi) is 5.30. The third kappa shape index (κ3) is 3.74. The fourth-order valence-corrected chi connectivity index (χ4v) is 3.81. The molecule has 2 fully saturated rings. The molecule has 1 saturated heterocycles. The van der Waals surface area contributed by atoms with Gasteiger partial charge in [0.25, 0.3) is 5.91 Å². The van der Waals surface area contributed by atoms with Crippen molar-refractivity contribution in [1.82, 2.24) is 10.2 Å². The molecule has 6 heteroatoms. The monoisotopic (exact) mass is 357 g/mol. The van der Waals surface area contributed by atoms with Gasteiger partial charge in [0.2, 0.25) is 5.91 Å². The summed E-state index contributed by atoms with van der Waals surface area (Å²) in [6.07, 6.45) is 5.33. The summed E-state index contributed by atoms with van der Waals surface area (Å²) in [5.41, 5.74) is 0.999. The standard InChI is InChI=1S/C20H27N3O3/c1-14(2)15-8-7-9-16(12-15)21-17(24)13-23-18(25)20(22-19(23)26)10-5-3-4-6-11-20/h7-9,12,14H,3-6,10-11,13H2,1-2H3,(H,21,24)(H,22,26). The second-order valence-electron chi connectivity index (χ2n) is 7.65. The molecule has 0 aromatic heterocycles. The Morgan fingerprint density at radius 2 is 1.88 bits per heavy atom. The van der Waals surface area contributed by atoms with Crippen LogP contribution in [0.4, 0.5) is 10.5 Å². The highest BCUT2D eigenvalue weighted by molar-refractivity contribution is 6.10. The topological polar surface area (TPSA) is 78.5 Å². The van der Waals surface area contributed by atoms with Gasteiger partial charge in [0, 0.05) is 5.69 Å². The molecule has 2 aliphatic rings. The molecule has 1 aliphatic heterocycles. The summed E-state index contributed by atoms with van der Waals surface area (Å²) >= 11 is 0. The molecule has 0 radical (unpaired) electrons. The van der Waals surface area contributed by atoms with Crippen LogP contribution in [0.1, 0.15) is 63.9 Å². The maximum atomic E-state index is 12.8. The first-order valence-electron chi connectivity index (χ1n) is 9.45. The maximum Gasteiger partial charge on any atom is 0.325 e. The fraction of sp³-hybridized carbons (Fsp3) is 0.550. The van der Waals surface area contributed by atoms with E-state index in [1.807, 2.05) is 24.3 Å². The number of benzene rings is 1. The van der Waals surface area contributed by atoms with Gasteiger partial charge in [-0.05, 0) is 36.5 Å². The van der Waals surface area contributed by atoms with E-state index in [2.05, 4.69) is 24.5 Å². The van der Waals surface area contributed by atoms with Gasteiger partial charge < -0.3 is 10.6 Å². The predicted octanol–water partition coefficient (Wildman–Crippen LogP) is 3.39. The van der Waals surface area contributed by atoms with Crippen LogP contribution in [0.25, 0.3) is 0 Å². The van der Waals surface area contributed by atoms with Crippen molar-refractivity contribution in [3.8, 4) is 0 Å². The van der Waals surface area contributed by atoms with Crippen molar-refractivity contribution in [3.05, 3.63) is 29.8 Å². The number of hydrogen-bond donors (Lipinski definition) is 2. The molecule has 26 heavy (non-hydrogen) atoms. The number of anilines is 1. The minimum Gasteiger partial charge on any atom is -0.325 e. The van der Waals surface area contributed by atoms with Crippen LogP contribution in [0.2, 0.25) is 0 Å². The number of carbonyl (C=O) groups is 3. The van der Waals surface area contributed by atoms with Crippen LogP contribution in [0, 0.1) is 0 Å². The number of nitrogens with one attached hydrogen (secondary N) is 2. The second kappa shape index (κ2) is 7.48. The van der Waals surface area contributed by atoms with Gasteiger partial charge in [-0.2, -0.15) is 0 Å². The SMILES string of the molecule is CC(C)c1cccc(NC(=O)CN2C(=O)NC3(CCCCCC3)C2=O)c1. The predicted molar refractivity (Wildman–Crippen MR) is 99.8 cm³/mol. The Morgan fingerprint density at radius 1 is 1.19 bits per heavy atom. The molecule has 1 saturated carbocycles. The van der Waals surface area contributed by atoms with E-state index in [0.717, 1.165) is 36.1 Å². The van der Waals surface area contributed by atoms with E-state index >= 15 is 0 Å². The molecular weight excluding hydrogens is 330 g/mol. The van der Waals surface area contributed by atoms with Crippen LogP contribution in [-0.4, -0.2) is 34.8 Å². The van der Waals surface area contributed by atoms with Gasteiger partial charge in [-0.1, -0.05) is 51.7 Å². The molecule has 1 spiro atoms. The summed E-state index contributed by atoms with van der Waals surface area (Å²) in [4.78, 5) is 38.6. The van der Waals surface area contributed by atoms with Gasteiger partial charge in [-0.25, -0.2) is 4.79 Å². The zero-order valence-corrected chi connectivity index (χ0v) is 15.5. The quantitative estimate of drug-likeness (QED) is 0.811. The zero-order chi connectivity index (χ0) is 18.7. The number of imide groups is 1. The number of urea groups is 1. The van der Waals surface area contributed by atoms with Gasteiger partial charge >= 0.3 is 6.03 Å². The molecule has 6 nitrogen and oxygen atoms in total. The summed E-state index contributed by atoms with van der Waals surface area (Å²) < 4.78 is 0. The van der Waals surface area contributed by atoms with E-state index in [-0.39, 0.29) is 18.4 Å². The minimum absolute atomic E-state index is 0.252. The number of rotatable bonds is 4. The lowest BCUT2D eigenvalue weighted by Gasteiger charge is -2.24. The lowest BCUT2D eigenvalue weighted by atomic mass is 9.90. The molecule has 4 amide bonds. The molecule has 140 valence electrons. The largest absolute Gasteiger partial charge is 0.325 e. The van der Waals surface area contributed by atoms with Gasteiger partial charge in [-0.15, -0.1) is 0 Å². The first kappa shape index (κ1) is 18.4. The van der Waals surface area contributed by atoms with E-state index in [0.29, 0.717) is 24.4 Å². The third-order valence-electron chi connectivity index (χ3n) is 5.34. The van der Waals surface area contributed by atoms with Crippen molar-refractivity contribution < 1.29 is 14.4 Å². The van der Waals surface area contributed by atoms with Crippen LogP contribution < -0.4 is 10.6 Å². The summed E-state index contributed by atoms with van der Waals surface area (Å²) in [6, 6.07) is 7.17. The Morgan fingerprint density at radius 3 is 2.54 bits per heavy atom. The van der Waals surface area contributed by atoms with Crippen LogP contribution in [0.15, 0.2) is 24.3 Å². The third-order valence-corrected chi connectivity index (χ3v) is 5.34. The van der Waals surface area contributed by atoms with E-state index in [1.165, 1.54) is 0 Å². The van der Waals surface area contributed by atoms with Crippen molar-refractivity contribution in [1.29, 1.82) is 0 Å². The number of hydrogen-bond acceptors (Lipinski definition) is 3. The van der Waals surface area contributed by atoms with Crippen molar-refractivity contribution in [2.75, 3.05) is 11.9 Å². The molecule has 1 aromatic rings. The van der Waals surface area contributed by atoms with Crippen LogP contribution in [0.3, 0.4) is 0 Å². The van der Waals surface area contributed by atoms with Crippen LogP contribution in [-0.2, 0) is 9.59 Å². The Labute approximate surface area is 154 Å². The normalized spacial score (nSPS) is 19.6. The molecule has 0 bridgehead atoms. The molecule has 1 heterocycles. The molecule has 1 aromatic carbocycles. The van der Waals surface area contributed by atoms with Crippen LogP contribution in [0.5, 0.6) is 0 Å². The number of amides is 4. The minimum atomic E-state index is -0.800. The number of nitrogens with zero attached hydrogens (tertiary/aromatic N) is 1. The Hall–Kier alpha value is -2.37. The molecule has 2 N–H and O–H groups in total. The van der Waals surface area contributed by atoms with E-state index < -0.39 is 11.6 Å². The smallest absolute Gasteiger partial charge is 0.325 e. The van der Waals surface area contributed by atoms with E-state index in [9.17, 15) is 14.4 Å². The summed E-state index contributed by atoms with van der Waals surface area (Å²) in [6.45, 7) is 3.92. The molecule has 1 aliphatic carbocycles. The molecule has 0 unspecified atom stereocenters. The molecular formula is C20H27N3O3. The Bertz CT molecular complexity index is 706. The molecule has 0 atom stereocenters. The van der Waals surface area contributed by atoms with E-state index in [1.54, 1.807) is 0 Å². The maximum absolute atomic E-state index is 12.8. The lowest BCUT2D eigenvalue weighted by Crippen LogP contribution is -2.47. The highest BCUT2D eigenvalue weighted by Gasteiger charge is 2.51. The van der Waals surface area contributed by atoms with Crippen molar-refractivity contribution in [3.63, 3.8) is 0 Å². The van der Waals surface area contributed by atoms with Crippen LogP contribution >= 0.6 is 0 Å². The highest BCUT2D eigenvalue weighted by Crippen LogP contribution is 2.32. The zero-order valence-electron chi connectivity index (χ0n) is 15.5. The average molecular weight is 357 g/mol. The van der Waals surface area contributed by atoms with Gasteiger partial charge in [0.15, 0.2) is 0 Å². The van der Waals surface area contributed by atoms with E-state index in [4.69, 9.17) is 0 Å². The van der Waals surface area contributed by atoms with Crippen molar-refractivity contribution in [2.24, 2.45) is 0 Å². The first-order chi connectivity index (χ1) is 12.4. The van der Waals surface area contributed by atoms with Gasteiger partial charge in [-0.3, -0.25) is 14.5 Å². The second-order valence-corrected chi connectivity index (χ2v) is 7.65. The van der Waals surface area contributed by atoms with Gasteiger partial charge in [0.05, 0.1) is 0 Å². The summed E-state index contributed by atoms with van der Waals surface area (Å²) in [5, 5.41) is 5.66. The van der Waals surface area contributed by atoms with Crippen molar-refractivity contribution >= 4 is 23.5 Å².